The molecule has 0 radical (unpaired) electrons. The molecule has 4 rings (SSSR count). The van der Waals surface area contributed by atoms with Crippen molar-refractivity contribution < 1.29 is 14.3 Å². The average Bonchev–Trinajstić information content (AvgIpc) is 3.09. The van der Waals surface area contributed by atoms with Crippen LogP contribution in [0.4, 0.5) is 0 Å². The number of aryl methyl sites for hydroxylation is 1. The molecule has 1 aromatic carbocycles. The first-order valence-corrected chi connectivity index (χ1v) is 9.34. The fourth-order valence-corrected chi connectivity index (χ4v) is 3.61. The molecule has 1 atom stereocenters. The highest BCUT2D eigenvalue weighted by molar-refractivity contribution is 5.78. The number of rotatable bonds is 5. The number of hydrogen-bond donors (Lipinski definition) is 0. The van der Waals surface area contributed by atoms with Gasteiger partial charge in [0.25, 0.3) is 5.91 Å². The van der Waals surface area contributed by atoms with Crippen LogP contribution in [0.2, 0.25) is 0 Å². The second-order valence-corrected chi connectivity index (χ2v) is 6.88. The van der Waals surface area contributed by atoms with Gasteiger partial charge in [-0.1, -0.05) is 0 Å². The molecule has 1 aliphatic rings. The number of carbonyl (C=O) groups excluding carboxylic acids is 1. The molecule has 1 aliphatic heterocycles. The molecule has 0 aliphatic carbocycles. The lowest BCUT2D eigenvalue weighted by atomic mass is 9.94. The molecular weight excluding hydrogens is 358 g/mol. The van der Waals surface area contributed by atoms with E-state index < -0.39 is 0 Å². The summed E-state index contributed by atoms with van der Waals surface area (Å²) in [6.07, 6.45) is 5.26. The van der Waals surface area contributed by atoms with Crippen LogP contribution in [0.5, 0.6) is 11.5 Å². The maximum Gasteiger partial charge on any atom is 0.260 e. The molecule has 146 valence electrons. The maximum atomic E-state index is 12.7. The number of nitrogens with zero attached hydrogens (tertiary/aromatic N) is 5. The zero-order valence-electron chi connectivity index (χ0n) is 16.0. The SMILES string of the molecule is COc1ccc(OCC(=O)N2CCC[C@H](c3nn(C)c4nccnc34)C2)cc1. The van der Waals surface area contributed by atoms with Crippen LogP contribution < -0.4 is 9.47 Å². The lowest BCUT2D eigenvalue weighted by Gasteiger charge is -2.32. The number of aromatic nitrogens is 4. The summed E-state index contributed by atoms with van der Waals surface area (Å²) in [5.41, 5.74) is 2.50. The minimum absolute atomic E-state index is 0.0157. The zero-order chi connectivity index (χ0) is 19.5. The summed E-state index contributed by atoms with van der Waals surface area (Å²) in [4.78, 5) is 23.3. The molecule has 0 spiro atoms. The molecule has 3 heterocycles. The van der Waals surface area contributed by atoms with Crippen molar-refractivity contribution >= 4 is 17.1 Å². The summed E-state index contributed by atoms with van der Waals surface area (Å²) < 4.78 is 12.5. The predicted octanol–water partition coefficient (Wildman–Crippen LogP) is 2.16. The van der Waals surface area contributed by atoms with Gasteiger partial charge in [-0.2, -0.15) is 5.10 Å². The van der Waals surface area contributed by atoms with Gasteiger partial charge in [-0.25, -0.2) is 14.6 Å². The van der Waals surface area contributed by atoms with E-state index in [-0.39, 0.29) is 18.4 Å². The van der Waals surface area contributed by atoms with Crippen LogP contribution in [0, 0.1) is 0 Å². The van der Waals surface area contributed by atoms with Crippen molar-refractivity contribution in [2.24, 2.45) is 7.05 Å². The molecule has 8 heteroatoms. The highest BCUT2D eigenvalue weighted by atomic mass is 16.5. The van der Waals surface area contributed by atoms with Crippen molar-refractivity contribution in [1.82, 2.24) is 24.6 Å². The van der Waals surface area contributed by atoms with E-state index >= 15 is 0 Å². The number of amides is 1. The van der Waals surface area contributed by atoms with Crippen molar-refractivity contribution in [3.05, 3.63) is 42.4 Å². The molecule has 8 nitrogen and oxygen atoms in total. The number of carbonyl (C=O) groups is 1. The second kappa shape index (κ2) is 7.84. The number of fused-ring (bicyclic) bond motifs is 1. The number of ether oxygens (including phenoxy) is 2. The molecule has 0 saturated carbocycles. The molecule has 1 saturated heterocycles. The Balaban J connectivity index is 1.42. The van der Waals surface area contributed by atoms with Crippen LogP contribution in [0.25, 0.3) is 11.2 Å². The van der Waals surface area contributed by atoms with E-state index in [0.717, 1.165) is 42.0 Å². The van der Waals surface area contributed by atoms with Gasteiger partial charge >= 0.3 is 0 Å². The zero-order valence-corrected chi connectivity index (χ0v) is 16.0. The first-order valence-electron chi connectivity index (χ1n) is 9.34. The first kappa shape index (κ1) is 18.2. The Bertz CT molecular complexity index is 970. The third kappa shape index (κ3) is 3.62. The average molecular weight is 381 g/mol. The van der Waals surface area contributed by atoms with E-state index in [1.807, 2.05) is 24.1 Å². The molecule has 2 aromatic heterocycles. The van der Waals surface area contributed by atoms with Crippen LogP contribution >= 0.6 is 0 Å². The number of likely N-dealkylation sites (tertiary alicyclic amines) is 1. The molecule has 0 unspecified atom stereocenters. The van der Waals surface area contributed by atoms with E-state index in [4.69, 9.17) is 9.47 Å². The number of hydrogen-bond acceptors (Lipinski definition) is 6. The van der Waals surface area contributed by atoms with Crippen molar-refractivity contribution in [3.8, 4) is 11.5 Å². The number of benzene rings is 1. The molecule has 0 bridgehead atoms. The van der Waals surface area contributed by atoms with Gasteiger partial charge in [0.05, 0.1) is 12.8 Å². The minimum atomic E-state index is -0.0214. The lowest BCUT2D eigenvalue weighted by Crippen LogP contribution is -2.41. The molecule has 0 N–H and O–H groups in total. The summed E-state index contributed by atoms with van der Waals surface area (Å²) in [5.74, 6) is 1.53. The van der Waals surface area contributed by atoms with Crippen LogP contribution in [0.1, 0.15) is 24.5 Å². The monoisotopic (exact) mass is 381 g/mol. The Morgan fingerprint density at radius 1 is 1.18 bits per heavy atom. The summed E-state index contributed by atoms with van der Waals surface area (Å²) in [6.45, 7) is 1.37. The Kier molecular flexibility index (Phi) is 5.10. The van der Waals surface area contributed by atoms with Gasteiger partial charge in [-0.3, -0.25) is 4.79 Å². The van der Waals surface area contributed by atoms with E-state index in [2.05, 4.69) is 15.1 Å². The van der Waals surface area contributed by atoms with Gasteiger partial charge < -0.3 is 14.4 Å². The van der Waals surface area contributed by atoms with E-state index in [1.54, 1.807) is 36.3 Å². The summed E-state index contributed by atoms with van der Waals surface area (Å²) in [6, 6.07) is 7.21. The van der Waals surface area contributed by atoms with Crippen molar-refractivity contribution in [1.29, 1.82) is 0 Å². The molecule has 1 amide bonds. The van der Waals surface area contributed by atoms with Gasteiger partial charge in [-0.05, 0) is 37.1 Å². The van der Waals surface area contributed by atoms with Gasteiger partial charge in [0.15, 0.2) is 12.3 Å². The molecule has 28 heavy (non-hydrogen) atoms. The van der Waals surface area contributed by atoms with Gasteiger partial charge in [0, 0.05) is 38.4 Å². The molecule has 3 aromatic rings. The Labute approximate surface area is 163 Å². The van der Waals surface area contributed by atoms with Crippen molar-refractivity contribution in [2.75, 3.05) is 26.8 Å². The topological polar surface area (TPSA) is 82.4 Å². The third-order valence-corrected chi connectivity index (χ3v) is 5.07. The number of piperidine rings is 1. The highest BCUT2D eigenvalue weighted by Crippen LogP contribution is 2.29. The van der Waals surface area contributed by atoms with Gasteiger partial charge in [-0.15, -0.1) is 0 Å². The lowest BCUT2D eigenvalue weighted by molar-refractivity contribution is -0.134. The van der Waals surface area contributed by atoms with Crippen LogP contribution in [0.3, 0.4) is 0 Å². The Morgan fingerprint density at radius 2 is 1.93 bits per heavy atom. The fraction of sp³-hybridized carbons (Fsp3) is 0.400. The summed E-state index contributed by atoms with van der Waals surface area (Å²) in [7, 11) is 3.48. The smallest absolute Gasteiger partial charge is 0.260 e. The molecular formula is C20H23N5O3. The van der Waals surface area contributed by atoms with Crippen LogP contribution in [0.15, 0.2) is 36.7 Å². The largest absolute Gasteiger partial charge is 0.497 e. The van der Waals surface area contributed by atoms with Crippen molar-refractivity contribution in [2.45, 2.75) is 18.8 Å². The highest BCUT2D eigenvalue weighted by Gasteiger charge is 2.29. The maximum absolute atomic E-state index is 12.7. The van der Waals surface area contributed by atoms with Crippen LogP contribution in [-0.2, 0) is 11.8 Å². The normalized spacial score (nSPS) is 16.9. The molecule has 1 fully saturated rings. The fourth-order valence-electron chi connectivity index (χ4n) is 3.61. The Hall–Kier alpha value is -3.16. The predicted molar refractivity (Wildman–Crippen MR) is 103 cm³/mol. The standard InChI is InChI=1S/C20H23N5O3/c1-24-20-19(21-9-10-22-20)18(23-24)14-4-3-11-25(12-14)17(26)13-28-16-7-5-15(27-2)6-8-16/h5-10,14H,3-4,11-13H2,1-2H3/t14-/m0/s1. The van der Waals surface area contributed by atoms with E-state index in [1.165, 1.54) is 0 Å². The van der Waals surface area contributed by atoms with Crippen molar-refractivity contribution in [3.63, 3.8) is 0 Å². The van der Waals surface area contributed by atoms with Gasteiger partial charge in [0.2, 0.25) is 0 Å². The van der Waals surface area contributed by atoms with Gasteiger partial charge in [0.1, 0.15) is 17.0 Å². The quantitative estimate of drug-likeness (QED) is 0.674. The summed E-state index contributed by atoms with van der Waals surface area (Å²) in [5, 5.41) is 4.63. The third-order valence-electron chi connectivity index (χ3n) is 5.07. The first-order chi connectivity index (χ1) is 13.7. The van der Waals surface area contributed by atoms with E-state index in [9.17, 15) is 4.79 Å². The Morgan fingerprint density at radius 3 is 2.71 bits per heavy atom. The van der Waals surface area contributed by atoms with E-state index in [0.29, 0.717) is 12.3 Å². The number of methoxy groups -OCH3 is 1. The second-order valence-electron chi connectivity index (χ2n) is 6.88. The van der Waals surface area contributed by atoms with Crippen LogP contribution in [-0.4, -0.2) is 57.4 Å². The summed E-state index contributed by atoms with van der Waals surface area (Å²) >= 11 is 0. The minimum Gasteiger partial charge on any atom is -0.497 e.